The van der Waals surface area contributed by atoms with Crippen LogP contribution < -0.4 is 10.6 Å². The minimum atomic E-state index is -2.95. The number of hydrogen-bond donors (Lipinski definition) is 2. The van der Waals surface area contributed by atoms with Crippen molar-refractivity contribution in [2.45, 2.75) is 25.7 Å². The molecule has 0 unspecified atom stereocenters. The highest BCUT2D eigenvalue weighted by atomic mass is 127. The van der Waals surface area contributed by atoms with Crippen LogP contribution in [0.4, 0.5) is 0 Å². The molecule has 0 amide bonds. The van der Waals surface area contributed by atoms with E-state index in [-0.39, 0.29) is 36.3 Å². The molecule has 0 aromatic heterocycles. The molecule has 0 heterocycles. The Morgan fingerprint density at radius 2 is 1.92 bits per heavy atom. The highest BCUT2D eigenvalue weighted by Crippen LogP contribution is 2.43. The van der Waals surface area contributed by atoms with Crippen LogP contribution in [-0.4, -0.2) is 73.5 Å². The lowest BCUT2D eigenvalue weighted by Gasteiger charge is -2.42. The summed E-state index contributed by atoms with van der Waals surface area (Å²) >= 11 is 0. The quantitative estimate of drug-likeness (QED) is 0.200. The van der Waals surface area contributed by atoms with Crippen molar-refractivity contribution >= 4 is 39.8 Å². The molecule has 0 spiro atoms. The molecule has 1 fully saturated rings. The number of guanidine groups is 1. The first-order chi connectivity index (χ1) is 10.9. The third kappa shape index (κ3) is 10.00. The van der Waals surface area contributed by atoms with Crippen molar-refractivity contribution in [2.24, 2.45) is 10.4 Å². The van der Waals surface area contributed by atoms with E-state index in [4.69, 9.17) is 9.47 Å². The maximum Gasteiger partial charge on any atom is 0.191 e. The Hall–Kier alpha value is -0.130. The number of rotatable bonds is 11. The van der Waals surface area contributed by atoms with Gasteiger partial charge in [-0.1, -0.05) is 6.42 Å². The van der Waals surface area contributed by atoms with Gasteiger partial charge in [-0.15, -0.1) is 24.0 Å². The maximum atomic E-state index is 11.0. The van der Waals surface area contributed by atoms with E-state index in [1.807, 2.05) is 0 Å². The first-order valence-electron chi connectivity index (χ1n) is 8.10. The Labute approximate surface area is 163 Å². The zero-order valence-electron chi connectivity index (χ0n) is 15.0. The monoisotopic (exact) mass is 477 g/mol. The van der Waals surface area contributed by atoms with Gasteiger partial charge in [0.05, 0.1) is 19.0 Å². The van der Waals surface area contributed by atoms with Crippen LogP contribution in [0.2, 0.25) is 0 Å². The molecule has 1 aliphatic rings. The van der Waals surface area contributed by atoms with Crippen LogP contribution in [0.25, 0.3) is 0 Å². The predicted molar refractivity (Wildman–Crippen MR) is 108 cm³/mol. The van der Waals surface area contributed by atoms with Gasteiger partial charge < -0.3 is 20.1 Å². The molecule has 0 bridgehead atoms. The van der Waals surface area contributed by atoms with Crippen LogP contribution >= 0.6 is 24.0 Å². The number of aliphatic imine (C=N–C) groups is 1. The van der Waals surface area contributed by atoms with Crippen molar-refractivity contribution in [2.75, 3.05) is 59.1 Å². The summed E-state index contributed by atoms with van der Waals surface area (Å²) in [7, 11) is 0.525. The minimum Gasteiger partial charge on any atom is -0.385 e. The number of methoxy groups -OCH3 is 1. The van der Waals surface area contributed by atoms with E-state index in [2.05, 4.69) is 15.6 Å². The topological polar surface area (TPSA) is 89.0 Å². The van der Waals surface area contributed by atoms with Gasteiger partial charge in [0.25, 0.3) is 0 Å². The predicted octanol–water partition coefficient (Wildman–Crippen LogP) is 1.04. The molecular formula is C15H32IN3O4S. The minimum absolute atomic E-state index is 0. The van der Waals surface area contributed by atoms with E-state index in [0.717, 1.165) is 25.5 Å². The van der Waals surface area contributed by atoms with Crippen molar-refractivity contribution in [1.82, 2.24) is 10.6 Å². The molecule has 0 saturated heterocycles. The van der Waals surface area contributed by atoms with Crippen LogP contribution in [0.15, 0.2) is 4.99 Å². The Morgan fingerprint density at radius 3 is 2.42 bits per heavy atom. The molecule has 144 valence electrons. The van der Waals surface area contributed by atoms with Gasteiger partial charge in [0.1, 0.15) is 9.84 Å². The standard InChI is InChI=1S/C15H31N3O4S.HI/c1-16-14(17-8-10-22-11-12-23(3,19)20)18-13-15(5-4-6-15)7-9-21-2;/h4-13H2,1-3H3,(H2,16,17,18);1H. The fourth-order valence-corrected chi connectivity index (χ4v) is 2.98. The van der Waals surface area contributed by atoms with Crippen molar-refractivity contribution < 1.29 is 17.9 Å². The second kappa shape index (κ2) is 12.3. The highest BCUT2D eigenvalue weighted by molar-refractivity contribution is 14.0. The third-order valence-corrected chi connectivity index (χ3v) is 5.15. The molecule has 24 heavy (non-hydrogen) atoms. The van der Waals surface area contributed by atoms with Crippen molar-refractivity contribution in [3.8, 4) is 0 Å². The largest absolute Gasteiger partial charge is 0.385 e. The summed E-state index contributed by atoms with van der Waals surface area (Å²) in [5, 5.41) is 6.55. The van der Waals surface area contributed by atoms with Crippen molar-refractivity contribution in [3.05, 3.63) is 0 Å². The van der Waals surface area contributed by atoms with E-state index < -0.39 is 9.84 Å². The summed E-state index contributed by atoms with van der Waals surface area (Å²) in [6.45, 7) is 2.96. The third-order valence-electron chi connectivity index (χ3n) is 4.24. The Bertz CT molecular complexity index is 467. The van der Waals surface area contributed by atoms with Gasteiger partial charge in [-0.2, -0.15) is 0 Å². The van der Waals surface area contributed by atoms with E-state index in [1.165, 1.54) is 25.5 Å². The number of nitrogens with one attached hydrogen (secondary N) is 2. The highest BCUT2D eigenvalue weighted by Gasteiger charge is 2.36. The first kappa shape index (κ1) is 23.9. The lowest BCUT2D eigenvalue weighted by molar-refractivity contribution is 0.0732. The summed E-state index contributed by atoms with van der Waals surface area (Å²) in [5.74, 6) is 0.808. The molecule has 1 rings (SSSR count). The average Bonchev–Trinajstić information content (AvgIpc) is 2.45. The summed E-state index contributed by atoms with van der Waals surface area (Å²) in [5.41, 5.74) is 0.333. The zero-order valence-corrected chi connectivity index (χ0v) is 18.1. The molecule has 0 aromatic rings. The van der Waals surface area contributed by atoms with E-state index in [1.54, 1.807) is 14.2 Å². The van der Waals surface area contributed by atoms with E-state index in [0.29, 0.717) is 18.6 Å². The van der Waals surface area contributed by atoms with Gasteiger partial charge in [0.2, 0.25) is 0 Å². The van der Waals surface area contributed by atoms with Crippen molar-refractivity contribution in [1.29, 1.82) is 0 Å². The van der Waals surface area contributed by atoms with Crippen LogP contribution in [0.5, 0.6) is 0 Å². The lowest BCUT2D eigenvalue weighted by Crippen LogP contribution is -2.47. The summed E-state index contributed by atoms with van der Waals surface area (Å²) in [6, 6.07) is 0. The summed E-state index contributed by atoms with van der Waals surface area (Å²) < 4.78 is 32.4. The molecule has 1 aliphatic carbocycles. The van der Waals surface area contributed by atoms with Gasteiger partial charge >= 0.3 is 0 Å². The Morgan fingerprint density at radius 1 is 1.21 bits per heavy atom. The van der Waals surface area contributed by atoms with Crippen molar-refractivity contribution in [3.63, 3.8) is 0 Å². The number of nitrogens with zero attached hydrogens (tertiary/aromatic N) is 1. The fourth-order valence-electron chi connectivity index (χ4n) is 2.56. The second-order valence-corrected chi connectivity index (χ2v) is 8.45. The zero-order chi connectivity index (χ0) is 17.2. The van der Waals surface area contributed by atoms with Crippen LogP contribution in [-0.2, 0) is 19.3 Å². The normalized spacial score (nSPS) is 16.9. The maximum absolute atomic E-state index is 11.0. The molecule has 0 aromatic carbocycles. The Kier molecular flexibility index (Phi) is 12.2. The molecule has 7 nitrogen and oxygen atoms in total. The summed E-state index contributed by atoms with van der Waals surface area (Å²) in [6.07, 6.45) is 6.03. The first-order valence-corrected chi connectivity index (χ1v) is 10.2. The van der Waals surface area contributed by atoms with E-state index in [9.17, 15) is 8.42 Å². The van der Waals surface area contributed by atoms with Crippen LogP contribution in [0.1, 0.15) is 25.7 Å². The number of hydrogen-bond acceptors (Lipinski definition) is 5. The van der Waals surface area contributed by atoms with Gasteiger partial charge in [0.15, 0.2) is 5.96 Å². The SMILES string of the molecule is CN=C(NCCOCCS(C)(=O)=O)NCC1(CCOC)CCC1.I. The summed E-state index contributed by atoms with van der Waals surface area (Å²) in [4.78, 5) is 4.20. The van der Waals surface area contributed by atoms with Crippen LogP contribution in [0.3, 0.4) is 0 Å². The number of sulfone groups is 1. The molecule has 1 saturated carbocycles. The smallest absolute Gasteiger partial charge is 0.191 e. The Balaban J connectivity index is 0.00000529. The average molecular weight is 477 g/mol. The lowest BCUT2D eigenvalue weighted by atomic mass is 9.67. The molecule has 0 atom stereocenters. The molecule has 0 aliphatic heterocycles. The fraction of sp³-hybridized carbons (Fsp3) is 0.933. The van der Waals surface area contributed by atoms with Gasteiger partial charge in [-0.05, 0) is 24.7 Å². The van der Waals surface area contributed by atoms with Gasteiger partial charge in [-0.3, -0.25) is 4.99 Å². The van der Waals surface area contributed by atoms with E-state index >= 15 is 0 Å². The second-order valence-electron chi connectivity index (χ2n) is 6.19. The number of halogens is 1. The number of ether oxygens (including phenoxy) is 2. The molecule has 0 radical (unpaired) electrons. The molecule has 2 N–H and O–H groups in total. The van der Waals surface area contributed by atoms with Gasteiger partial charge in [0, 0.05) is 40.1 Å². The molecule has 9 heteroatoms. The van der Waals surface area contributed by atoms with Gasteiger partial charge in [-0.25, -0.2) is 8.42 Å². The molecular weight excluding hydrogens is 445 g/mol. The van der Waals surface area contributed by atoms with Crippen LogP contribution in [0, 0.1) is 5.41 Å².